The molecular weight excluding hydrogens is 325 g/mol. The molecule has 0 spiro atoms. The number of carbonyl (C=O) groups is 1. The number of rotatable bonds is 4. The van der Waals surface area contributed by atoms with E-state index in [-0.39, 0.29) is 23.9 Å². The molecule has 10 heteroatoms. The van der Waals surface area contributed by atoms with Crippen LogP contribution >= 0.6 is 0 Å². The Morgan fingerprint density at radius 1 is 1.33 bits per heavy atom. The van der Waals surface area contributed by atoms with E-state index in [1.165, 1.54) is 13.2 Å². The van der Waals surface area contributed by atoms with Gasteiger partial charge in [-0.1, -0.05) is 13.8 Å². The average molecular weight is 342 g/mol. The zero-order chi connectivity index (χ0) is 18.1. The van der Waals surface area contributed by atoms with Crippen LogP contribution in [-0.2, 0) is 19.8 Å². The molecule has 0 radical (unpaired) electrons. The summed E-state index contributed by atoms with van der Waals surface area (Å²) in [6, 6.07) is 0. The van der Waals surface area contributed by atoms with Gasteiger partial charge in [0.05, 0.1) is 17.8 Å². The van der Waals surface area contributed by atoms with Crippen molar-refractivity contribution < 1.29 is 18.0 Å². The number of alkyl halides is 3. The molecule has 2 aromatic heterocycles. The first-order valence-electron chi connectivity index (χ1n) is 7.18. The first kappa shape index (κ1) is 17.8. The Morgan fingerprint density at radius 3 is 2.50 bits per heavy atom. The van der Waals surface area contributed by atoms with Crippen LogP contribution in [0.1, 0.15) is 53.3 Å². The van der Waals surface area contributed by atoms with Gasteiger partial charge in [-0.25, -0.2) is 15.0 Å². The van der Waals surface area contributed by atoms with Gasteiger partial charge in [0.25, 0.3) is 11.7 Å². The Bertz CT molecular complexity index is 753. The van der Waals surface area contributed by atoms with Crippen LogP contribution in [0.5, 0.6) is 0 Å². The summed E-state index contributed by atoms with van der Waals surface area (Å²) >= 11 is 0. The van der Waals surface area contributed by atoms with E-state index in [1.807, 2.05) is 13.8 Å². The lowest BCUT2D eigenvalue weighted by molar-refractivity contribution is -0.145. The summed E-state index contributed by atoms with van der Waals surface area (Å²) < 4.78 is 38.7. The van der Waals surface area contributed by atoms with Crippen molar-refractivity contribution in [3.05, 3.63) is 34.9 Å². The van der Waals surface area contributed by atoms with Crippen LogP contribution in [0.15, 0.2) is 6.20 Å². The van der Waals surface area contributed by atoms with Crippen LogP contribution in [0, 0.1) is 6.92 Å². The second-order valence-electron chi connectivity index (χ2n) is 5.54. The fourth-order valence-corrected chi connectivity index (χ4v) is 1.93. The van der Waals surface area contributed by atoms with Crippen LogP contribution in [-0.4, -0.2) is 30.6 Å². The number of halogens is 3. The number of amides is 1. The van der Waals surface area contributed by atoms with Crippen molar-refractivity contribution in [2.75, 3.05) is 0 Å². The molecule has 0 saturated carbocycles. The highest BCUT2D eigenvalue weighted by Gasteiger charge is 2.36. The molecule has 0 fully saturated rings. The monoisotopic (exact) mass is 342 g/mol. The molecule has 2 aromatic rings. The van der Waals surface area contributed by atoms with Gasteiger partial charge in [0.15, 0.2) is 0 Å². The summed E-state index contributed by atoms with van der Waals surface area (Å²) in [6.45, 7) is 5.35. The van der Waals surface area contributed by atoms with E-state index in [4.69, 9.17) is 0 Å². The Balaban J connectivity index is 2.10. The number of nitrogens with zero attached hydrogens (tertiary/aromatic N) is 5. The molecule has 0 aliphatic heterocycles. The quantitative estimate of drug-likeness (QED) is 0.918. The molecule has 2 heterocycles. The minimum atomic E-state index is -4.63. The summed E-state index contributed by atoms with van der Waals surface area (Å²) in [5.41, 5.74) is 0.762. The number of hydrogen-bond donors (Lipinski definition) is 1. The van der Waals surface area contributed by atoms with E-state index in [9.17, 15) is 18.0 Å². The summed E-state index contributed by atoms with van der Waals surface area (Å²) in [7, 11) is 1.33. The molecule has 1 N–H and O–H groups in total. The van der Waals surface area contributed by atoms with Gasteiger partial charge in [-0.15, -0.1) is 5.10 Å². The lowest BCUT2D eigenvalue weighted by atomic mass is 10.1. The number of aryl methyl sites for hydroxylation is 2. The number of carbonyl (C=O) groups excluding carboxylic acids is 1. The number of aromatic nitrogens is 5. The highest BCUT2D eigenvalue weighted by molar-refractivity contribution is 5.94. The smallest absolute Gasteiger partial charge is 0.345 e. The van der Waals surface area contributed by atoms with E-state index in [2.05, 4.69) is 25.4 Å². The van der Waals surface area contributed by atoms with Gasteiger partial charge < -0.3 is 5.32 Å². The summed E-state index contributed by atoms with van der Waals surface area (Å²) in [4.78, 5) is 23.9. The molecule has 2 rings (SSSR count). The van der Waals surface area contributed by atoms with E-state index in [1.54, 1.807) is 6.92 Å². The van der Waals surface area contributed by atoms with E-state index < -0.39 is 17.9 Å². The Morgan fingerprint density at radius 2 is 2.00 bits per heavy atom. The van der Waals surface area contributed by atoms with Gasteiger partial charge in [-0.2, -0.15) is 13.2 Å². The second kappa shape index (κ2) is 6.54. The van der Waals surface area contributed by atoms with E-state index in [0.717, 1.165) is 4.68 Å². The van der Waals surface area contributed by atoms with Crippen LogP contribution < -0.4 is 5.32 Å². The standard InChI is InChI=1S/C14H17F3N6O/c1-7(2)11-18-5-9(8(3)20-11)12(24)19-6-10-21-13(14(15,16)17)22-23(10)4/h5,7H,6H2,1-4H3,(H,19,24). The molecule has 0 aromatic carbocycles. The molecule has 0 aliphatic carbocycles. The molecular formula is C14H17F3N6O. The van der Waals surface area contributed by atoms with E-state index >= 15 is 0 Å². The van der Waals surface area contributed by atoms with Crippen molar-refractivity contribution in [1.82, 2.24) is 30.0 Å². The fourth-order valence-electron chi connectivity index (χ4n) is 1.93. The zero-order valence-corrected chi connectivity index (χ0v) is 13.6. The lowest BCUT2D eigenvalue weighted by Gasteiger charge is -2.09. The average Bonchev–Trinajstić information content (AvgIpc) is 2.86. The maximum absolute atomic E-state index is 12.6. The first-order chi connectivity index (χ1) is 11.1. The minimum Gasteiger partial charge on any atom is -0.345 e. The third-order valence-electron chi connectivity index (χ3n) is 3.27. The van der Waals surface area contributed by atoms with Crippen LogP contribution in [0.3, 0.4) is 0 Å². The van der Waals surface area contributed by atoms with Crippen molar-refractivity contribution in [3.8, 4) is 0 Å². The predicted octanol–water partition coefficient (Wildman–Crippen LogP) is 1.99. The molecule has 7 nitrogen and oxygen atoms in total. The van der Waals surface area contributed by atoms with Crippen LogP contribution in [0.4, 0.5) is 13.2 Å². The number of nitrogens with one attached hydrogen (secondary N) is 1. The SMILES string of the molecule is Cc1nc(C(C)C)ncc1C(=O)NCc1nc(C(F)(F)F)nn1C. The highest BCUT2D eigenvalue weighted by Crippen LogP contribution is 2.26. The fraction of sp³-hybridized carbons (Fsp3) is 0.500. The van der Waals surface area contributed by atoms with Crippen molar-refractivity contribution in [3.63, 3.8) is 0 Å². The topological polar surface area (TPSA) is 85.6 Å². The first-order valence-corrected chi connectivity index (χ1v) is 7.18. The van der Waals surface area contributed by atoms with Crippen LogP contribution in [0.2, 0.25) is 0 Å². The summed E-state index contributed by atoms with van der Waals surface area (Å²) in [5, 5.41) is 5.79. The normalized spacial score (nSPS) is 11.8. The van der Waals surface area contributed by atoms with Gasteiger partial charge >= 0.3 is 6.18 Å². The molecule has 0 bridgehead atoms. The Hall–Kier alpha value is -2.52. The third kappa shape index (κ3) is 3.87. The molecule has 0 atom stereocenters. The van der Waals surface area contributed by atoms with Crippen molar-refractivity contribution >= 4 is 5.91 Å². The third-order valence-corrected chi connectivity index (χ3v) is 3.27. The lowest BCUT2D eigenvalue weighted by Crippen LogP contribution is -2.26. The largest absolute Gasteiger partial charge is 0.453 e. The van der Waals surface area contributed by atoms with Gasteiger partial charge in [-0.05, 0) is 6.92 Å². The van der Waals surface area contributed by atoms with Gasteiger partial charge in [0, 0.05) is 19.2 Å². The predicted molar refractivity (Wildman–Crippen MR) is 78.0 cm³/mol. The highest BCUT2D eigenvalue weighted by atomic mass is 19.4. The second-order valence-corrected chi connectivity index (χ2v) is 5.54. The summed E-state index contributed by atoms with van der Waals surface area (Å²) in [5.74, 6) is -0.991. The summed E-state index contributed by atoms with van der Waals surface area (Å²) in [6.07, 6.45) is -3.22. The van der Waals surface area contributed by atoms with Crippen molar-refractivity contribution in [2.45, 2.75) is 39.4 Å². The Kier molecular flexibility index (Phi) is 4.86. The Labute approximate surface area is 136 Å². The van der Waals surface area contributed by atoms with Gasteiger partial charge in [0.1, 0.15) is 11.6 Å². The molecule has 24 heavy (non-hydrogen) atoms. The molecule has 0 unspecified atom stereocenters. The van der Waals surface area contributed by atoms with E-state index in [0.29, 0.717) is 11.5 Å². The van der Waals surface area contributed by atoms with Gasteiger partial charge in [-0.3, -0.25) is 9.48 Å². The minimum absolute atomic E-state index is 0.00644. The maximum Gasteiger partial charge on any atom is 0.453 e. The number of hydrogen-bond acceptors (Lipinski definition) is 5. The van der Waals surface area contributed by atoms with Crippen molar-refractivity contribution in [2.24, 2.45) is 7.05 Å². The maximum atomic E-state index is 12.6. The molecule has 130 valence electrons. The molecule has 1 amide bonds. The molecule has 0 saturated heterocycles. The van der Waals surface area contributed by atoms with Crippen molar-refractivity contribution in [1.29, 1.82) is 0 Å². The zero-order valence-electron chi connectivity index (χ0n) is 13.6. The van der Waals surface area contributed by atoms with Gasteiger partial charge in [0.2, 0.25) is 0 Å². The van der Waals surface area contributed by atoms with Crippen LogP contribution in [0.25, 0.3) is 0 Å². The molecule has 0 aliphatic rings.